The molecule has 2 N–H and O–H groups in total. The molecule has 2 aliphatic heterocycles. The van der Waals surface area contributed by atoms with Gasteiger partial charge in [-0.1, -0.05) is 0 Å². The van der Waals surface area contributed by atoms with E-state index in [-0.39, 0.29) is 12.2 Å². The van der Waals surface area contributed by atoms with E-state index in [0.717, 1.165) is 0 Å². The third-order valence-electron chi connectivity index (χ3n) is 5.22. The third-order valence-corrected chi connectivity index (χ3v) is 7.21. The zero-order chi connectivity index (χ0) is 19.7. The molecule has 9 heteroatoms. The smallest absolute Gasteiger partial charge is 0.281 e. The number of nitrogens with zero attached hydrogens (tertiary/aromatic N) is 2. The molecule has 0 aliphatic carbocycles. The largest absolute Gasteiger partial charge is 0.486 e. The topological polar surface area (TPSA) is 102 Å². The molecule has 0 radical (unpaired) electrons. The van der Waals surface area contributed by atoms with E-state index in [1.807, 2.05) is 6.92 Å². The highest BCUT2D eigenvalue weighted by Gasteiger charge is 2.45. The summed E-state index contributed by atoms with van der Waals surface area (Å²) in [6.45, 7) is 3.73. The fourth-order valence-corrected chi connectivity index (χ4v) is 4.91. The Morgan fingerprint density at radius 3 is 2.70 bits per heavy atom. The number of carbonyl (C=O) groups is 1. The highest BCUT2D eigenvalue weighted by molar-refractivity contribution is 7.86. The SMILES string of the molecule is CCOCCN(C)S(=O)(=O)N1CCC2(CC1)CC(=O)c1cc(N)ccc1O2. The van der Waals surface area contributed by atoms with E-state index < -0.39 is 15.8 Å². The summed E-state index contributed by atoms with van der Waals surface area (Å²) in [6, 6.07) is 5.06. The Balaban J connectivity index is 1.66. The van der Waals surface area contributed by atoms with Crippen molar-refractivity contribution in [1.82, 2.24) is 8.61 Å². The Labute approximate surface area is 160 Å². The van der Waals surface area contributed by atoms with Gasteiger partial charge in [0.05, 0.1) is 18.6 Å². The van der Waals surface area contributed by atoms with Crippen LogP contribution in [0.3, 0.4) is 0 Å². The first-order valence-corrected chi connectivity index (χ1v) is 10.6. The van der Waals surface area contributed by atoms with E-state index in [1.165, 1.54) is 8.61 Å². The van der Waals surface area contributed by atoms with E-state index in [1.54, 1.807) is 25.2 Å². The van der Waals surface area contributed by atoms with E-state index in [0.29, 0.717) is 62.7 Å². The number of piperidine rings is 1. The molecule has 1 aromatic rings. The summed E-state index contributed by atoms with van der Waals surface area (Å²) in [5.41, 5.74) is 6.15. The maximum atomic E-state index is 12.7. The van der Waals surface area contributed by atoms with Crippen LogP contribution in [0.2, 0.25) is 0 Å². The monoisotopic (exact) mass is 397 g/mol. The first-order valence-electron chi connectivity index (χ1n) is 9.18. The quantitative estimate of drug-likeness (QED) is 0.573. The molecule has 0 saturated carbocycles. The van der Waals surface area contributed by atoms with E-state index in [2.05, 4.69) is 0 Å². The predicted molar refractivity (Wildman–Crippen MR) is 102 cm³/mol. The second-order valence-corrected chi connectivity index (χ2v) is 9.10. The van der Waals surface area contributed by atoms with Crippen molar-refractivity contribution >= 4 is 21.7 Å². The minimum absolute atomic E-state index is 0.00584. The highest BCUT2D eigenvalue weighted by Crippen LogP contribution is 2.40. The number of likely N-dealkylation sites (N-methyl/N-ethyl adjacent to an activating group) is 1. The van der Waals surface area contributed by atoms with Crippen molar-refractivity contribution in [3.63, 3.8) is 0 Å². The number of fused-ring (bicyclic) bond motifs is 1. The zero-order valence-corrected chi connectivity index (χ0v) is 16.6. The van der Waals surface area contributed by atoms with Gasteiger partial charge in [-0.2, -0.15) is 17.0 Å². The number of rotatable bonds is 6. The van der Waals surface area contributed by atoms with Crippen LogP contribution in [0.15, 0.2) is 18.2 Å². The summed E-state index contributed by atoms with van der Waals surface area (Å²) in [7, 11) is -1.99. The van der Waals surface area contributed by atoms with Crippen molar-refractivity contribution in [1.29, 1.82) is 0 Å². The van der Waals surface area contributed by atoms with Crippen molar-refractivity contribution in [3.8, 4) is 5.75 Å². The van der Waals surface area contributed by atoms with Crippen molar-refractivity contribution in [2.45, 2.75) is 31.8 Å². The fourth-order valence-electron chi connectivity index (χ4n) is 3.56. The number of ketones is 1. The molecule has 0 amide bonds. The molecule has 8 nitrogen and oxygen atoms in total. The molecule has 150 valence electrons. The molecule has 0 aromatic heterocycles. The number of benzene rings is 1. The van der Waals surface area contributed by atoms with Crippen molar-refractivity contribution in [2.24, 2.45) is 0 Å². The van der Waals surface area contributed by atoms with Gasteiger partial charge in [0, 0.05) is 51.8 Å². The van der Waals surface area contributed by atoms with Crippen LogP contribution in [0.25, 0.3) is 0 Å². The molecule has 1 spiro atoms. The number of ether oxygens (including phenoxy) is 2. The minimum atomic E-state index is -3.55. The molecule has 0 atom stereocenters. The average molecular weight is 397 g/mol. The number of Topliss-reactive ketones (excluding diaryl/α,β-unsaturated/α-hetero) is 1. The van der Waals surface area contributed by atoms with Crippen LogP contribution in [0, 0.1) is 0 Å². The standard InChI is InChI=1S/C18H27N3O5S/c1-3-25-11-10-20(2)27(23,24)21-8-6-18(7-9-21)13-16(22)15-12-14(19)4-5-17(15)26-18/h4-5,12H,3,6-11,13,19H2,1-2H3. The lowest BCUT2D eigenvalue weighted by Crippen LogP contribution is -2.54. The van der Waals surface area contributed by atoms with Gasteiger partial charge in [-0.25, -0.2) is 0 Å². The van der Waals surface area contributed by atoms with Gasteiger partial charge >= 0.3 is 0 Å². The predicted octanol–water partition coefficient (Wildman–Crippen LogP) is 1.28. The van der Waals surface area contributed by atoms with E-state index >= 15 is 0 Å². The number of carbonyl (C=O) groups excluding carboxylic acids is 1. The Bertz CT molecular complexity index is 803. The van der Waals surface area contributed by atoms with Gasteiger partial charge in [-0.05, 0) is 25.1 Å². The lowest BCUT2D eigenvalue weighted by Gasteiger charge is -2.44. The molecule has 1 aromatic carbocycles. The van der Waals surface area contributed by atoms with Gasteiger partial charge in [0.25, 0.3) is 10.2 Å². The lowest BCUT2D eigenvalue weighted by molar-refractivity contribution is 0.00505. The Morgan fingerprint density at radius 2 is 2.04 bits per heavy atom. The van der Waals surface area contributed by atoms with Crippen LogP contribution in [0.4, 0.5) is 5.69 Å². The van der Waals surface area contributed by atoms with Crippen molar-refractivity contribution in [3.05, 3.63) is 23.8 Å². The second kappa shape index (κ2) is 7.75. The molecule has 1 saturated heterocycles. The summed E-state index contributed by atoms with van der Waals surface area (Å²) in [5.74, 6) is 0.527. The van der Waals surface area contributed by atoms with Crippen molar-refractivity contribution in [2.75, 3.05) is 45.6 Å². The first kappa shape index (κ1) is 20.1. The molecule has 0 unspecified atom stereocenters. The zero-order valence-electron chi connectivity index (χ0n) is 15.8. The van der Waals surface area contributed by atoms with Gasteiger partial charge in [-0.3, -0.25) is 4.79 Å². The Hall–Kier alpha value is -1.68. The van der Waals surface area contributed by atoms with Crippen LogP contribution in [-0.4, -0.2) is 68.3 Å². The van der Waals surface area contributed by atoms with Crippen LogP contribution in [0.5, 0.6) is 5.75 Å². The summed E-state index contributed by atoms with van der Waals surface area (Å²) >= 11 is 0. The molecule has 27 heavy (non-hydrogen) atoms. The van der Waals surface area contributed by atoms with Gasteiger partial charge in [-0.15, -0.1) is 0 Å². The number of nitrogen functional groups attached to an aromatic ring is 1. The van der Waals surface area contributed by atoms with Gasteiger partial charge in [0.1, 0.15) is 11.4 Å². The van der Waals surface area contributed by atoms with Crippen LogP contribution in [0.1, 0.15) is 36.5 Å². The molecular weight excluding hydrogens is 370 g/mol. The third kappa shape index (κ3) is 4.11. The highest BCUT2D eigenvalue weighted by atomic mass is 32.2. The van der Waals surface area contributed by atoms with E-state index in [4.69, 9.17) is 15.2 Å². The van der Waals surface area contributed by atoms with Crippen LogP contribution < -0.4 is 10.5 Å². The average Bonchev–Trinajstić information content (AvgIpc) is 2.63. The Kier molecular flexibility index (Phi) is 5.76. The fraction of sp³-hybridized carbons (Fsp3) is 0.611. The molecule has 3 rings (SSSR count). The van der Waals surface area contributed by atoms with Gasteiger partial charge in [0.15, 0.2) is 5.78 Å². The molecule has 2 heterocycles. The number of hydrogen-bond acceptors (Lipinski definition) is 6. The lowest BCUT2D eigenvalue weighted by atomic mass is 9.83. The summed E-state index contributed by atoms with van der Waals surface area (Å²) in [5, 5.41) is 0. The van der Waals surface area contributed by atoms with Crippen LogP contribution in [-0.2, 0) is 14.9 Å². The summed E-state index contributed by atoms with van der Waals surface area (Å²) < 4.78 is 39.6. The van der Waals surface area contributed by atoms with Crippen molar-refractivity contribution < 1.29 is 22.7 Å². The summed E-state index contributed by atoms with van der Waals surface area (Å²) in [4.78, 5) is 12.6. The van der Waals surface area contributed by atoms with E-state index in [9.17, 15) is 13.2 Å². The molecule has 2 aliphatic rings. The molecule has 0 bridgehead atoms. The maximum Gasteiger partial charge on any atom is 0.281 e. The number of nitrogens with two attached hydrogens (primary N) is 1. The van der Waals surface area contributed by atoms with Gasteiger partial charge < -0.3 is 15.2 Å². The number of hydrogen-bond donors (Lipinski definition) is 1. The minimum Gasteiger partial charge on any atom is -0.486 e. The normalized spacial score (nSPS) is 19.9. The number of anilines is 1. The molecular formula is C18H27N3O5S. The Morgan fingerprint density at radius 1 is 1.33 bits per heavy atom. The first-order chi connectivity index (χ1) is 12.8. The van der Waals surface area contributed by atoms with Crippen LogP contribution >= 0.6 is 0 Å². The maximum absolute atomic E-state index is 12.7. The van der Waals surface area contributed by atoms with Gasteiger partial charge in [0.2, 0.25) is 0 Å². The molecule has 1 fully saturated rings. The summed E-state index contributed by atoms with van der Waals surface area (Å²) in [6.07, 6.45) is 1.19. The second-order valence-electron chi connectivity index (χ2n) is 7.07.